The minimum absolute atomic E-state index is 0. The largest absolute Gasteiger partial charge is 0.489 e. The number of piperazine rings is 1. The zero-order chi connectivity index (χ0) is 48.6. The van der Waals surface area contributed by atoms with Crippen LogP contribution in [0.25, 0.3) is 5.57 Å². The number of carbonyl (C=O) groups is 3. The van der Waals surface area contributed by atoms with Gasteiger partial charge in [-0.3, -0.25) is 9.69 Å². The minimum atomic E-state index is -1.00. The molecule has 0 radical (unpaired) electrons. The summed E-state index contributed by atoms with van der Waals surface area (Å²) in [5.74, 6) is -1.84. The Kier molecular flexibility index (Phi) is 20.8. The van der Waals surface area contributed by atoms with Gasteiger partial charge in [0, 0.05) is 50.1 Å². The van der Waals surface area contributed by atoms with Gasteiger partial charge in [0.05, 0.1) is 58.3 Å². The maximum atomic E-state index is 15.5. The van der Waals surface area contributed by atoms with Crippen LogP contribution in [0.5, 0.6) is 11.6 Å². The van der Waals surface area contributed by atoms with Crippen molar-refractivity contribution in [2.75, 3.05) is 92.9 Å². The van der Waals surface area contributed by atoms with Crippen LogP contribution in [-0.2, 0) is 46.3 Å². The third-order valence-corrected chi connectivity index (χ3v) is 11.8. The molecule has 2 aliphatic heterocycles. The fraction of sp³-hybridized carbons (Fsp3) is 0.522. The molecule has 2 unspecified atom stereocenters. The van der Waals surface area contributed by atoms with Gasteiger partial charge in [-0.05, 0) is 79.5 Å². The average molecular weight is 1490 g/mol. The molecule has 24 heteroatoms. The molecule has 1 saturated heterocycles. The van der Waals surface area contributed by atoms with E-state index in [0.29, 0.717) is 36.5 Å². The van der Waals surface area contributed by atoms with E-state index in [1.54, 1.807) is 18.2 Å². The number of aliphatic hydroxyl groups is 1. The normalized spacial score (nSPS) is 16.1. The smallest absolute Gasteiger partial charge is 0.410 e. The minimum Gasteiger partial charge on any atom is -0.489 e. The molecule has 2 atom stereocenters. The number of benzene rings is 2. The summed E-state index contributed by atoms with van der Waals surface area (Å²) in [5.41, 5.74) is 4.17. The summed E-state index contributed by atoms with van der Waals surface area (Å²) < 4.78 is 66.6. The van der Waals surface area contributed by atoms with Crippen molar-refractivity contribution in [3.63, 3.8) is 0 Å². The zero-order valence-electron chi connectivity index (χ0n) is 38.4. The van der Waals surface area contributed by atoms with Gasteiger partial charge < -0.3 is 52.9 Å². The van der Waals surface area contributed by atoms with E-state index < -0.39 is 46.0 Å². The third-order valence-electron chi connectivity index (χ3n) is 11.5. The van der Waals surface area contributed by atoms with E-state index in [1.165, 1.54) is 9.80 Å². The standard InChI is InChI=1S/C46H56ClF2N5O14.2No/c1-30-33(13-14-50-43(30)65-22-18-61-2)27-52(34-9-10-34)44(56)40-36(32-7-5-31(6-8-32)4-3-16-64-42-38(49)12-11-37(48)41(42)47)26-35-28-51(45(57)66-23-20-63-21-25-68-54(59)60)29-39(40)53(35)46(58)67-24-19-62-17-15-55;;/h5-8,11-14,34-35,39,55H,3-4,9-10,15-29H2,1-2H3;;. The number of hydrogen-bond acceptors (Lipinski definition) is 15. The predicted octanol–water partition coefficient (Wildman–Crippen LogP) is 5.57. The summed E-state index contributed by atoms with van der Waals surface area (Å²) in [6, 6.07) is 9.51. The Morgan fingerprint density at radius 2 is 1.56 bits per heavy atom. The molecular weight excluding hydrogens is 1440 g/mol. The van der Waals surface area contributed by atoms with Crippen molar-refractivity contribution in [3.05, 3.63) is 103 Å². The number of pyridine rings is 1. The van der Waals surface area contributed by atoms with Gasteiger partial charge in [0.15, 0.2) is 11.6 Å². The molecule has 3 aromatic rings. The molecule has 2 aromatic carbocycles. The van der Waals surface area contributed by atoms with Crippen LogP contribution in [0.15, 0.2) is 54.2 Å². The van der Waals surface area contributed by atoms with Gasteiger partial charge in [-0.2, -0.15) is 0 Å². The first-order valence-electron chi connectivity index (χ1n) is 22.3. The van der Waals surface area contributed by atoms with E-state index >= 15 is 4.79 Å². The van der Waals surface area contributed by atoms with E-state index in [9.17, 15) is 28.5 Å². The number of nitrogens with zero attached hydrogens (tertiary/aromatic N) is 5. The second-order valence-corrected chi connectivity index (χ2v) is 16.4. The number of hydrogen-bond donors (Lipinski definition) is 1. The van der Waals surface area contributed by atoms with E-state index in [0.717, 1.165) is 47.2 Å². The number of carbonyl (C=O) groups excluding carboxylic acids is 3. The number of fused-ring (bicyclic) bond motifs is 2. The van der Waals surface area contributed by atoms with Crippen LogP contribution < -0.4 is 9.47 Å². The second kappa shape index (κ2) is 26.6. The number of aryl methyl sites for hydroxylation is 1. The fourth-order valence-corrected chi connectivity index (χ4v) is 8.21. The van der Waals surface area contributed by atoms with Gasteiger partial charge in [0.2, 0.25) is 5.88 Å². The maximum absolute atomic E-state index is 15.5. The van der Waals surface area contributed by atoms with Crippen LogP contribution in [0.4, 0.5) is 18.4 Å². The molecule has 70 heavy (non-hydrogen) atoms. The third kappa shape index (κ3) is 14.3. The Morgan fingerprint density at radius 3 is 2.24 bits per heavy atom. The van der Waals surface area contributed by atoms with E-state index in [2.05, 4.69) is 9.82 Å². The van der Waals surface area contributed by atoms with E-state index in [-0.39, 0.29) is 110 Å². The average Bonchev–Trinajstić information content (AvgIpc) is 4.17. The van der Waals surface area contributed by atoms with Crippen molar-refractivity contribution in [2.24, 2.45) is 0 Å². The Hall–Kier alpha value is -7.87. The van der Waals surface area contributed by atoms with Crippen molar-refractivity contribution in [2.45, 2.75) is 63.7 Å². The van der Waals surface area contributed by atoms with Crippen molar-refractivity contribution in [3.8, 4) is 11.6 Å². The summed E-state index contributed by atoms with van der Waals surface area (Å²) in [7, 11) is 1.57. The van der Waals surface area contributed by atoms with Gasteiger partial charge in [-0.1, -0.05) is 35.9 Å². The van der Waals surface area contributed by atoms with Crippen molar-refractivity contribution in [1.82, 2.24) is 19.7 Å². The molecule has 3 aliphatic rings. The topological polar surface area (TPSA) is 211 Å². The summed E-state index contributed by atoms with van der Waals surface area (Å²) in [4.78, 5) is 67.2. The molecule has 19 nitrogen and oxygen atoms in total. The molecule has 0 spiro atoms. The van der Waals surface area contributed by atoms with Gasteiger partial charge >= 0.3 is 12.2 Å². The Bertz CT molecular complexity index is 2250. The quantitative estimate of drug-likeness (QED) is 0.0451. The van der Waals surface area contributed by atoms with Crippen LogP contribution in [0.1, 0.15) is 47.9 Å². The first kappa shape index (κ1) is 54.7. The van der Waals surface area contributed by atoms with Gasteiger partial charge in [-0.25, -0.2) is 23.4 Å². The first-order chi connectivity index (χ1) is 32.9. The molecule has 6 rings (SSSR count). The van der Waals surface area contributed by atoms with Gasteiger partial charge in [0.1, 0.15) is 37.3 Å². The maximum Gasteiger partial charge on any atom is 0.410 e. The summed E-state index contributed by atoms with van der Waals surface area (Å²) in [6.45, 7) is 1.75. The van der Waals surface area contributed by atoms with Crippen LogP contribution >= 0.6 is 11.6 Å². The van der Waals surface area contributed by atoms with Crippen molar-refractivity contribution >= 4 is 35.3 Å². The summed E-state index contributed by atoms with van der Waals surface area (Å²) in [6.07, 6.45) is 2.80. The number of rotatable bonds is 26. The second-order valence-electron chi connectivity index (χ2n) is 16.0. The number of halogens is 3. The van der Waals surface area contributed by atoms with Crippen LogP contribution in [0.3, 0.4) is 0 Å². The fourth-order valence-electron chi connectivity index (χ4n) is 8.01. The number of ether oxygens (including phenoxy) is 7. The van der Waals surface area contributed by atoms with E-state index in [1.807, 2.05) is 37.3 Å². The molecule has 2 bridgehead atoms. The van der Waals surface area contributed by atoms with Crippen LogP contribution in [0, 0.1) is 28.7 Å². The monoisotopic (exact) mass is 1490 g/mol. The van der Waals surface area contributed by atoms with Crippen molar-refractivity contribution in [1.29, 1.82) is 0 Å². The Labute approximate surface area is 396 Å². The van der Waals surface area contributed by atoms with Crippen LogP contribution in [-0.4, -0.2) is 159 Å². The molecule has 1 aromatic heterocycles. The Balaban J connectivity index is 0.00000533. The van der Waals surface area contributed by atoms with Crippen molar-refractivity contribution < 1.29 is 71.4 Å². The summed E-state index contributed by atoms with van der Waals surface area (Å²) >= 11 is 5.93. The number of aliphatic hydroxyl groups excluding tert-OH is 1. The molecule has 2 fully saturated rings. The molecule has 3 heterocycles. The molecule has 3 amide bonds. The predicted molar refractivity (Wildman–Crippen MR) is 238 cm³/mol. The number of aromatic nitrogens is 1. The van der Waals surface area contributed by atoms with E-state index in [4.69, 9.17) is 49.9 Å². The van der Waals surface area contributed by atoms with Crippen LogP contribution in [0.2, 0.25) is 5.02 Å². The Morgan fingerprint density at radius 1 is 0.871 bits per heavy atom. The molecule has 1 aliphatic carbocycles. The van der Waals surface area contributed by atoms with Gasteiger partial charge in [0.25, 0.3) is 11.0 Å². The molecular formula is C46H56ClF2N5No2O14. The summed E-state index contributed by atoms with van der Waals surface area (Å²) in [5, 5.41) is 18.2. The molecule has 1 saturated carbocycles. The molecule has 1 N–H and O–H groups in total. The number of amides is 3. The van der Waals surface area contributed by atoms with Gasteiger partial charge in [-0.15, -0.1) is 10.1 Å². The SMILES string of the molecule is COCCOc1nccc(CN(C(=O)C2=C(c3ccc(CCCOc4c(F)ccc(F)c4Cl)cc3)CC3CN(C(=O)OCCOCCO[N+](=O)[O-])CC2N3C(=O)OCCOCCO)C2CC2)c1C.[No].[No]. The first-order valence-corrected chi connectivity index (χ1v) is 22.7. The number of methoxy groups -OCH3 is 1. The molecule has 398 valence electrons. The zero-order valence-corrected chi connectivity index (χ0v) is 43.7.